The molecule has 126 valence electrons. The summed E-state index contributed by atoms with van der Waals surface area (Å²) in [6, 6.07) is 3.72. The van der Waals surface area contributed by atoms with E-state index in [0.717, 1.165) is 0 Å². The van der Waals surface area contributed by atoms with Crippen LogP contribution in [0.25, 0.3) is 0 Å². The second-order valence-corrected chi connectivity index (χ2v) is 5.21. The molecule has 22 heavy (non-hydrogen) atoms. The van der Waals surface area contributed by atoms with E-state index < -0.39 is 17.0 Å². The maximum absolute atomic E-state index is 13.8. The number of nitrogens with zero attached hydrogens (tertiary/aromatic N) is 1. The molecular formula is C16H25ClF2N2O. The quantitative estimate of drug-likeness (QED) is 0.829. The van der Waals surface area contributed by atoms with Gasteiger partial charge in [-0.05, 0) is 31.9 Å². The third-order valence-electron chi connectivity index (χ3n) is 4.28. The van der Waals surface area contributed by atoms with Crippen LogP contribution in [0.1, 0.15) is 39.2 Å². The smallest absolute Gasteiger partial charge is 0.230 e. The fraction of sp³-hybridized carbons (Fsp3) is 0.562. The van der Waals surface area contributed by atoms with E-state index in [1.165, 1.54) is 23.1 Å². The number of benzene rings is 1. The summed E-state index contributed by atoms with van der Waals surface area (Å²) in [6.45, 7) is 6.15. The first kappa shape index (κ1) is 20.8. The fourth-order valence-corrected chi connectivity index (χ4v) is 2.47. The van der Waals surface area contributed by atoms with Crippen LogP contribution < -0.4 is 5.73 Å². The Kier molecular flexibility index (Phi) is 8.56. The molecule has 0 radical (unpaired) electrons. The maximum atomic E-state index is 13.8. The number of carbonyl (C=O) groups is 1. The lowest BCUT2D eigenvalue weighted by Gasteiger charge is -2.35. The fourth-order valence-electron chi connectivity index (χ4n) is 2.47. The highest BCUT2D eigenvalue weighted by atomic mass is 35.5. The summed E-state index contributed by atoms with van der Waals surface area (Å²) in [6.07, 6.45) is 1.21. The second-order valence-electron chi connectivity index (χ2n) is 5.21. The lowest BCUT2D eigenvalue weighted by Crippen LogP contribution is -2.47. The predicted molar refractivity (Wildman–Crippen MR) is 86.8 cm³/mol. The molecule has 1 rings (SSSR count). The summed E-state index contributed by atoms with van der Waals surface area (Å²) >= 11 is 0. The molecule has 0 heterocycles. The summed E-state index contributed by atoms with van der Waals surface area (Å²) in [4.78, 5) is 14.2. The average Bonchev–Trinajstić information content (AvgIpc) is 2.49. The standard InChI is InChI=1S/C16H24F2N2O.ClH/c1-4-16(5-2,11-19)15(21)20(6-3)10-12-13(17)8-7-9-14(12)18;/h7-9H,4-6,10-11,19H2,1-3H3;1H. The minimum atomic E-state index is -0.655. The van der Waals surface area contributed by atoms with Crippen LogP contribution >= 0.6 is 12.4 Å². The van der Waals surface area contributed by atoms with Gasteiger partial charge in [-0.2, -0.15) is 0 Å². The number of carbonyl (C=O) groups excluding carboxylic acids is 1. The van der Waals surface area contributed by atoms with Crippen molar-refractivity contribution < 1.29 is 13.6 Å². The normalized spacial score (nSPS) is 11.0. The van der Waals surface area contributed by atoms with Crippen LogP contribution in [-0.2, 0) is 11.3 Å². The summed E-state index contributed by atoms with van der Waals surface area (Å²) in [5.74, 6) is -1.40. The highest BCUT2D eigenvalue weighted by molar-refractivity contribution is 5.85. The van der Waals surface area contributed by atoms with Gasteiger partial charge in [-0.25, -0.2) is 8.78 Å². The highest BCUT2D eigenvalue weighted by Gasteiger charge is 2.36. The van der Waals surface area contributed by atoms with Gasteiger partial charge in [0.1, 0.15) is 11.6 Å². The lowest BCUT2D eigenvalue weighted by molar-refractivity contribution is -0.142. The molecular weight excluding hydrogens is 310 g/mol. The topological polar surface area (TPSA) is 46.3 Å². The Morgan fingerprint density at radius 2 is 1.68 bits per heavy atom. The monoisotopic (exact) mass is 334 g/mol. The molecule has 3 nitrogen and oxygen atoms in total. The van der Waals surface area contributed by atoms with Gasteiger partial charge in [0, 0.05) is 18.7 Å². The molecule has 0 aliphatic rings. The molecule has 6 heteroatoms. The van der Waals surface area contributed by atoms with E-state index in [4.69, 9.17) is 5.73 Å². The van der Waals surface area contributed by atoms with Gasteiger partial charge in [0.25, 0.3) is 0 Å². The van der Waals surface area contributed by atoms with Crippen molar-refractivity contribution in [2.24, 2.45) is 11.1 Å². The summed E-state index contributed by atoms with van der Waals surface area (Å²) in [5.41, 5.74) is 5.05. The van der Waals surface area contributed by atoms with Crippen LogP contribution in [0.15, 0.2) is 18.2 Å². The summed E-state index contributed by atoms with van der Waals surface area (Å²) in [7, 11) is 0. The van der Waals surface area contributed by atoms with Gasteiger partial charge in [0.2, 0.25) is 5.91 Å². The maximum Gasteiger partial charge on any atom is 0.230 e. The van der Waals surface area contributed by atoms with E-state index in [1.807, 2.05) is 13.8 Å². The van der Waals surface area contributed by atoms with E-state index in [9.17, 15) is 13.6 Å². The first-order valence-corrected chi connectivity index (χ1v) is 7.38. The van der Waals surface area contributed by atoms with Crippen molar-refractivity contribution in [2.45, 2.75) is 40.2 Å². The molecule has 0 bridgehead atoms. The van der Waals surface area contributed by atoms with Crippen LogP contribution in [-0.4, -0.2) is 23.9 Å². The van der Waals surface area contributed by atoms with Gasteiger partial charge in [-0.3, -0.25) is 4.79 Å². The number of hydrogen-bond acceptors (Lipinski definition) is 2. The van der Waals surface area contributed by atoms with E-state index >= 15 is 0 Å². The Bertz CT molecular complexity index is 465. The molecule has 0 aliphatic carbocycles. The third kappa shape index (κ3) is 4.17. The molecule has 0 fully saturated rings. The van der Waals surface area contributed by atoms with E-state index in [0.29, 0.717) is 19.4 Å². The Morgan fingerprint density at radius 1 is 1.18 bits per heavy atom. The van der Waals surface area contributed by atoms with E-state index in [2.05, 4.69) is 0 Å². The molecule has 0 saturated carbocycles. The Balaban J connectivity index is 0.00000441. The zero-order chi connectivity index (χ0) is 16.0. The first-order chi connectivity index (χ1) is 9.95. The SMILES string of the molecule is CCN(Cc1c(F)cccc1F)C(=O)C(CC)(CC)CN.Cl. The molecule has 0 aromatic heterocycles. The third-order valence-corrected chi connectivity index (χ3v) is 4.28. The van der Waals surface area contributed by atoms with Crippen LogP contribution in [0, 0.1) is 17.0 Å². The largest absolute Gasteiger partial charge is 0.338 e. The Hall–Kier alpha value is -1.20. The van der Waals surface area contributed by atoms with Crippen LogP contribution in [0.4, 0.5) is 8.78 Å². The van der Waals surface area contributed by atoms with Gasteiger partial charge >= 0.3 is 0 Å². The number of amides is 1. The van der Waals surface area contributed by atoms with Crippen LogP contribution in [0.5, 0.6) is 0 Å². The molecule has 1 amide bonds. The minimum absolute atomic E-state index is 0. The Labute approximate surface area is 137 Å². The van der Waals surface area contributed by atoms with Crippen molar-refractivity contribution >= 4 is 18.3 Å². The minimum Gasteiger partial charge on any atom is -0.338 e. The molecule has 0 saturated heterocycles. The zero-order valence-electron chi connectivity index (χ0n) is 13.4. The highest BCUT2D eigenvalue weighted by Crippen LogP contribution is 2.29. The van der Waals surface area contributed by atoms with Crippen molar-refractivity contribution in [2.75, 3.05) is 13.1 Å². The number of rotatable bonds is 7. The van der Waals surface area contributed by atoms with Gasteiger partial charge in [0.05, 0.1) is 12.0 Å². The van der Waals surface area contributed by atoms with Crippen molar-refractivity contribution in [3.05, 3.63) is 35.4 Å². The zero-order valence-corrected chi connectivity index (χ0v) is 14.2. The average molecular weight is 335 g/mol. The molecule has 1 aromatic carbocycles. The predicted octanol–water partition coefficient (Wildman–Crippen LogP) is 3.50. The first-order valence-electron chi connectivity index (χ1n) is 7.38. The van der Waals surface area contributed by atoms with E-state index in [1.54, 1.807) is 6.92 Å². The number of hydrogen-bond donors (Lipinski definition) is 1. The van der Waals surface area contributed by atoms with Gasteiger partial charge < -0.3 is 10.6 Å². The van der Waals surface area contributed by atoms with Crippen molar-refractivity contribution in [3.63, 3.8) is 0 Å². The molecule has 0 atom stereocenters. The van der Waals surface area contributed by atoms with Crippen LogP contribution in [0.2, 0.25) is 0 Å². The number of halogens is 3. The van der Waals surface area contributed by atoms with Crippen LogP contribution in [0.3, 0.4) is 0 Å². The second kappa shape index (κ2) is 9.06. The molecule has 1 aromatic rings. The summed E-state index contributed by atoms with van der Waals surface area (Å²) in [5, 5.41) is 0. The van der Waals surface area contributed by atoms with Gasteiger partial charge in [0.15, 0.2) is 0 Å². The lowest BCUT2D eigenvalue weighted by atomic mass is 9.81. The Morgan fingerprint density at radius 3 is 2.05 bits per heavy atom. The van der Waals surface area contributed by atoms with E-state index in [-0.39, 0.29) is 37.0 Å². The molecule has 0 spiro atoms. The van der Waals surface area contributed by atoms with Crippen molar-refractivity contribution in [1.82, 2.24) is 4.90 Å². The van der Waals surface area contributed by atoms with Gasteiger partial charge in [-0.15, -0.1) is 12.4 Å². The van der Waals surface area contributed by atoms with Crippen molar-refractivity contribution in [3.8, 4) is 0 Å². The molecule has 2 N–H and O–H groups in total. The number of nitrogens with two attached hydrogens (primary N) is 1. The molecule has 0 aliphatic heterocycles. The summed E-state index contributed by atoms with van der Waals surface area (Å²) < 4.78 is 27.5. The van der Waals surface area contributed by atoms with Crippen molar-refractivity contribution in [1.29, 1.82) is 0 Å². The van der Waals surface area contributed by atoms with Gasteiger partial charge in [-0.1, -0.05) is 19.9 Å². The molecule has 0 unspecified atom stereocenters.